The number of hydrogen-bond donors (Lipinski definition) is 4. The summed E-state index contributed by atoms with van der Waals surface area (Å²) in [5.41, 5.74) is 0. The molecule has 0 aromatic heterocycles. The predicted molar refractivity (Wildman–Crippen MR) is 110 cm³/mol. The quantitative estimate of drug-likeness (QED) is 0.176. The zero-order chi connectivity index (χ0) is 20.1. The maximum atomic E-state index is 9.95. The lowest BCUT2D eigenvalue weighted by Crippen LogP contribution is -2.05. The largest absolute Gasteiger partial charge is 0.466 e. The molecule has 1 atom stereocenters. The van der Waals surface area contributed by atoms with Crippen LogP contribution in [0.1, 0.15) is 123 Å². The van der Waals surface area contributed by atoms with E-state index in [1.807, 2.05) is 0 Å². The van der Waals surface area contributed by atoms with E-state index in [9.17, 15) is 5.11 Å². The molecule has 0 heterocycles. The van der Waals surface area contributed by atoms with Crippen LogP contribution in [0.15, 0.2) is 0 Å². The van der Waals surface area contributed by atoms with Crippen molar-refractivity contribution in [3.8, 4) is 0 Å². The second-order valence-corrected chi connectivity index (χ2v) is 8.37. The fraction of sp³-hybridized carbons (Fsp3) is 1.00. The molecule has 0 aliphatic rings. The van der Waals surface area contributed by atoms with E-state index in [0.29, 0.717) is 0 Å². The van der Waals surface area contributed by atoms with Gasteiger partial charge in [0, 0.05) is 0 Å². The van der Waals surface area contributed by atoms with Crippen molar-refractivity contribution in [1.29, 1.82) is 0 Å². The van der Waals surface area contributed by atoms with Crippen molar-refractivity contribution in [3.05, 3.63) is 0 Å². The van der Waals surface area contributed by atoms with E-state index in [-0.39, 0.29) is 6.10 Å². The summed E-state index contributed by atoms with van der Waals surface area (Å²) in [7, 11) is -4.64. The summed E-state index contributed by atoms with van der Waals surface area (Å²) in [5, 5.41) is 9.95. The highest BCUT2D eigenvalue weighted by Crippen LogP contribution is 2.25. The zero-order valence-electron chi connectivity index (χ0n) is 17.2. The van der Waals surface area contributed by atoms with Gasteiger partial charge in [-0.3, -0.25) is 0 Å². The van der Waals surface area contributed by atoms with Gasteiger partial charge >= 0.3 is 7.82 Å². The van der Waals surface area contributed by atoms with E-state index in [0.717, 1.165) is 12.8 Å². The average Bonchev–Trinajstić information content (AvgIpc) is 2.55. The van der Waals surface area contributed by atoms with E-state index in [1.54, 1.807) is 0 Å². The number of rotatable bonds is 17. The molecule has 4 N–H and O–H groups in total. The highest BCUT2D eigenvalue weighted by Gasteiger charge is 2.03. The summed E-state index contributed by atoms with van der Waals surface area (Å²) in [5.74, 6) is 0. The zero-order valence-corrected chi connectivity index (χ0v) is 18.1. The summed E-state index contributed by atoms with van der Waals surface area (Å²) in [6.45, 7) is 4.53. The Morgan fingerprint density at radius 2 is 0.808 bits per heavy atom. The standard InChI is InChI=1S/C20H42O.H3O4P/c1-3-5-7-9-11-12-13-15-17-19-20(21)18-16-14-10-8-6-4-2;1-5(2,3)4/h20-21H,3-19H2,1-2H3;(H3,1,2,3,4). The smallest absolute Gasteiger partial charge is 0.393 e. The van der Waals surface area contributed by atoms with Gasteiger partial charge in [0.15, 0.2) is 0 Å². The maximum Gasteiger partial charge on any atom is 0.466 e. The number of aliphatic hydroxyl groups excluding tert-OH is 1. The monoisotopic (exact) mass is 396 g/mol. The maximum absolute atomic E-state index is 9.95. The second-order valence-electron chi connectivity index (χ2n) is 7.34. The van der Waals surface area contributed by atoms with Crippen molar-refractivity contribution in [1.82, 2.24) is 0 Å². The van der Waals surface area contributed by atoms with Crippen molar-refractivity contribution in [2.75, 3.05) is 0 Å². The molecule has 0 saturated heterocycles. The van der Waals surface area contributed by atoms with Gasteiger partial charge in [0.2, 0.25) is 0 Å². The minimum Gasteiger partial charge on any atom is -0.393 e. The number of hydrogen-bond acceptors (Lipinski definition) is 2. The van der Waals surface area contributed by atoms with E-state index < -0.39 is 7.82 Å². The van der Waals surface area contributed by atoms with Crippen LogP contribution in [0, 0.1) is 0 Å². The third-order valence-corrected chi connectivity index (χ3v) is 4.53. The molecule has 0 amide bonds. The Morgan fingerprint density at radius 3 is 1.08 bits per heavy atom. The van der Waals surface area contributed by atoms with Gasteiger partial charge < -0.3 is 19.8 Å². The third-order valence-electron chi connectivity index (χ3n) is 4.53. The van der Waals surface area contributed by atoms with Gasteiger partial charge in [0.05, 0.1) is 6.10 Å². The molecule has 0 radical (unpaired) electrons. The molecule has 5 nitrogen and oxygen atoms in total. The van der Waals surface area contributed by atoms with E-state index in [4.69, 9.17) is 19.2 Å². The Balaban J connectivity index is 0. The molecule has 0 aliphatic carbocycles. The summed E-state index contributed by atoms with van der Waals surface area (Å²) in [6.07, 6.45) is 22.3. The fourth-order valence-electron chi connectivity index (χ4n) is 3.00. The first-order chi connectivity index (χ1) is 12.3. The average molecular weight is 397 g/mol. The molecule has 0 aromatic rings. The van der Waals surface area contributed by atoms with Crippen LogP contribution in [0.5, 0.6) is 0 Å². The Labute approximate surface area is 161 Å². The molecule has 0 bridgehead atoms. The topological polar surface area (TPSA) is 98.0 Å². The van der Waals surface area contributed by atoms with Gasteiger partial charge in [-0.2, -0.15) is 0 Å². The van der Waals surface area contributed by atoms with Crippen molar-refractivity contribution >= 4 is 7.82 Å². The van der Waals surface area contributed by atoms with Gasteiger partial charge in [-0.25, -0.2) is 4.57 Å². The molecule has 0 rings (SSSR count). The van der Waals surface area contributed by atoms with Crippen molar-refractivity contribution < 1.29 is 24.4 Å². The van der Waals surface area contributed by atoms with Gasteiger partial charge in [-0.1, -0.05) is 110 Å². The molecule has 0 aromatic carbocycles. The first kappa shape index (κ1) is 28.3. The lowest BCUT2D eigenvalue weighted by atomic mass is 10.0. The summed E-state index contributed by atoms with van der Waals surface area (Å²) < 4.78 is 8.88. The highest BCUT2D eigenvalue weighted by molar-refractivity contribution is 7.45. The molecule has 0 spiro atoms. The minimum atomic E-state index is -4.64. The molecule has 160 valence electrons. The summed E-state index contributed by atoms with van der Waals surface area (Å²) in [4.78, 5) is 21.6. The predicted octanol–water partition coefficient (Wildman–Crippen LogP) is 6.09. The van der Waals surface area contributed by atoms with Crippen LogP contribution < -0.4 is 0 Å². The van der Waals surface area contributed by atoms with Gasteiger partial charge in [0.25, 0.3) is 0 Å². The molecule has 26 heavy (non-hydrogen) atoms. The highest BCUT2D eigenvalue weighted by atomic mass is 31.2. The second kappa shape index (κ2) is 21.4. The van der Waals surface area contributed by atoms with Crippen molar-refractivity contribution in [3.63, 3.8) is 0 Å². The van der Waals surface area contributed by atoms with Crippen LogP contribution in [0.3, 0.4) is 0 Å². The van der Waals surface area contributed by atoms with Crippen LogP contribution in [-0.4, -0.2) is 25.9 Å². The Kier molecular flexibility index (Phi) is 23.2. The van der Waals surface area contributed by atoms with E-state index >= 15 is 0 Å². The SMILES string of the molecule is CCCCCCCCCCCC(O)CCCCCCCC.O=P(O)(O)O. The molecular formula is C20H45O5P. The Bertz CT molecular complexity index is 298. The van der Waals surface area contributed by atoms with E-state index in [2.05, 4.69) is 13.8 Å². The van der Waals surface area contributed by atoms with Gasteiger partial charge in [-0.15, -0.1) is 0 Å². The lowest BCUT2D eigenvalue weighted by molar-refractivity contribution is 0.147. The number of phosphoric acid groups is 1. The Morgan fingerprint density at radius 1 is 0.577 bits per heavy atom. The van der Waals surface area contributed by atoms with E-state index in [1.165, 1.54) is 96.3 Å². The normalized spacial score (nSPS) is 12.5. The summed E-state index contributed by atoms with van der Waals surface area (Å²) >= 11 is 0. The molecule has 0 aliphatic heterocycles. The lowest BCUT2D eigenvalue weighted by Gasteiger charge is -2.10. The molecule has 0 fully saturated rings. The number of unbranched alkanes of at least 4 members (excludes halogenated alkanes) is 13. The fourth-order valence-corrected chi connectivity index (χ4v) is 3.00. The molecule has 0 saturated carbocycles. The molecule has 1 unspecified atom stereocenters. The first-order valence-electron chi connectivity index (χ1n) is 10.8. The van der Waals surface area contributed by atoms with Crippen molar-refractivity contribution in [2.45, 2.75) is 129 Å². The molecule has 6 heteroatoms. The van der Waals surface area contributed by atoms with Crippen LogP contribution in [0.4, 0.5) is 0 Å². The van der Waals surface area contributed by atoms with Gasteiger partial charge in [0.1, 0.15) is 0 Å². The van der Waals surface area contributed by atoms with Crippen LogP contribution in [0.25, 0.3) is 0 Å². The van der Waals surface area contributed by atoms with Crippen molar-refractivity contribution in [2.24, 2.45) is 0 Å². The minimum absolute atomic E-state index is 0.0271. The first-order valence-corrected chi connectivity index (χ1v) is 12.3. The molecular weight excluding hydrogens is 351 g/mol. The third kappa shape index (κ3) is 35.2. The van der Waals surface area contributed by atoms with Crippen LogP contribution in [0.2, 0.25) is 0 Å². The summed E-state index contributed by atoms with van der Waals surface area (Å²) in [6, 6.07) is 0. The van der Waals surface area contributed by atoms with Crippen LogP contribution >= 0.6 is 7.82 Å². The van der Waals surface area contributed by atoms with Crippen LogP contribution in [-0.2, 0) is 4.57 Å². The van der Waals surface area contributed by atoms with Gasteiger partial charge in [-0.05, 0) is 12.8 Å². The number of aliphatic hydroxyl groups is 1. The Hall–Kier alpha value is 0.0700.